The lowest BCUT2D eigenvalue weighted by atomic mass is 9.79. The van der Waals surface area contributed by atoms with Crippen LogP contribution in [0.2, 0.25) is 0 Å². The Morgan fingerprint density at radius 2 is 1.60 bits per heavy atom. The van der Waals surface area contributed by atoms with Crippen molar-refractivity contribution in [1.29, 1.82) is 0 Å². The zero-order valence-corrected chi connectivity index (χ0v) is 13.9. The van der Waals surface area contributed by atoms with Crippen LogP contribution < -0.4 is 5.32 Å². The summed E-state index contributed by atoms with van der Waals surface area (Å²) in [5.41, 5.74) is 2.73. The molecule has 0 bridgehead atoms. The summed E-state index contributed by atoms with van der Waals surface area (Å²) >= 11 is 3.46. The highest BCUT2D eigenvalue weighted by atomic mass is 79.9. The first kappa shape index (κ1) is 15.1. The summed E-state index contributed by atoms with van der Waals surface area (Å²) in [5.74, 6) is 0. The predicted octanol–water partition coefficient (Wildman–Crippen LogP) is 5.62. The van der Waals surface area contributed by atoms with Crippen molar-refractivity contribution in [2.45, 2.75) is 38.6 Å². The normalized spacial score (nSPS) is 13.0. The van der Waals surface area contributed by atoms with E-state index >= 15 is 0 Å². The van der Waals surface area contributed by atoms with Gasteiger partial charge in [-0.15, -0.1) is 0 Å². The number of rotatable bonds is 5. The van der Waals surface area contributed by atoms with Gasteiger partial charge in [0.2, 0.25) is 0 Å². The van der Waals surface area contributed by atoms with Gasteiger partial charge in [0, 0.05) is 16.2 Å². The molecule has 0 spiro atoms. The van der Waals surface area contributed by atoms with Crippen LogP contribution in [0.3, 0.4) is 0 Å². The molecular weight excluding hydrogens is 310 g/mol. The Morgan fingerprint density at radius 3 is 2.20 bits per heavy atom. The average molecular weight is 332 g/mol. The number of hydrogen-bond donors (Lipinski definition) is 1. The largest absolute Gasteiger partial charge is 0.383 e. The maximum atomic E-state index is 3.57. The van der Waals surface area contributed by atoms with Crippen LogP contribution >= 0.6 is 15.9 Å². The lowest BCUT2D eigenvalue weighted by Crippen LogP contribution is -2.27. The molecular formula is C18H22BrN. The number of hydrogen-bond acceptors (Lipinski definition) is 1. The Balaban J connectivity index is 2.00. The van der Waals surface area contributed by atoms with Crippen molar-refractivity contribution in [3.63, 3.8) is 0 Å². The molecule has 106 valence electrons. The van der Waals surface area contributed by atoms with Crippen molar-refractivity contribution >= 4 is 21.6 Å². The second-order valence-electron chi connectivity index (χ2n) is 6.01. The lowest BCUT2D eigenvalue weighted by molar-refractivity contribution is 0.450. The maximum Gasteiger partial charge on any atom is 0.0342 e. The van der Waals surface area contributed by atoms with E-state index in [9.17, 15) is 0 Å². The summed E-state index contributed by atoms with van der Waals surface area (Å²) in [7, 11) is 0. The predicted molar refractivity (Wildman–Crippen MR) is 91.3 cm³/mol. The van der Waals surface area contributed by atoms with E-state index in [0.29, 0.717) is 6.04 Å². The van der Waals surface area contributed by atoms with E-state index in [1.165, 1.54) is 11.3 Å². The van der Waals surface area contributed by atoms with E-state index in [1.54, 1.807) is 0 Å². The van der Waals surface area contributed by atoms with Crippen molar-refractivity contribution in [2.24, 2.45) is 0 Å². The number of anilines is 1. The molecule has 2 aromatic carbocycles. The van der Waals surface area contributed by atoms with Gasteiger partial charge in [0.15, 0.2) is 0 Å². The van der Waals surface area contributed by atoms with Crippen molar-refractivity contribution in [3.8, 4) is 0 Å². The third kappa shape index (κ3) is 4.11. The zero-order valence-electron chi connectivity index (χ0n) is 12.4. The van der Waals surface area contributed by atoms with Crippen LogP contribution in [-0.4, -0.2) is 6.04 Å². The minimum absolute atomic E-state index is 0.170. The summed E-state index contributed by atoms with van der Waals surface area (Å²) in [4.78, 5) is 0. The molecule has 2 aromatic rings. The van der Waals surface area contributed by atoms with Gasteiger partial charge in [0.1, 0.15) is 0 Å². The highest BCUT2D eigenvalue weighted by molar-refractivity contribution is 9.10. The molecule has 2 rings (SSSR count). The van der Waals surface area contributed by atoms with Crippen LogP contribution in [0.15, 0.2) is 59.1 Å². The monoisotopic (exact) mass is 331 g/mol. The summed E-state index contributed by atoms with van der Waals surface area (Å²) < 4.78 is 1.11. The van der Waals surface area contributed by atoms with Crippen molar-refractivity contribution in [1.82, 2.24) is 0 Å². The van der Waals surface area contributed by atoms with Crippen LogP contribution in [0.25, 0.3) is 0 Å². The average Bonchev–Trinajstić information content (AvgIpc) is 2.42. The highest BCUT2D eigenvalue weighted by Crippen LogP contribution is 2.29. The van der Waals surface area contributed by atoms with Crippen LogP contribution in [0.1, 0.15) is 32.8 Å². The molecule has 1 unspecified atom stereocenters. The molecule has 0 aliphatic heterocycles. The second kappa shape index (κ2) is 6.45. The minimum Gasteiger partial charge on any atom is -0.383 e. The Bertz CT molecular complexity index is 531. The summed E-state index contributed by atoms with van der Waals surface area (Å²) in [5, 5.41) is 3.57. The first-order valence-electron chi connectivity index (χ1n) is 7.05. The van der Waals surface area contributed by atoms with Crippen molar-refractivity contribution in [3.05, 3.63) is 64.6 Å². The Hall–Kier alpha value is -1.28. The standard InChI is InChI=1S/C18H22BrN/c1-14(20-17-11-9-16(19)10-12-17)13-18(2,3)15-7-5-4-6-8-15/h4-12,14,20H,13H2,1-3H3. The van der Waals surface area contributed by atoms with Gasteiger partial charge >= 0.3 is 0 Å². The molecule has 0 aliphatic carbocycles. The summed E-state index contributed by atoms with van der Waals surface area (Å²) in [6.45, 7) is 6.86. The fourth-order valence-corrected chi connectivity index (χ4v) is 2.92. The van der Waals surface area contributed by atoms with Crippen molar-refractivity contribution in [2.75, 3.05) is 5.32 Å². The van der Waals surface area contributed by atoms with E-state index < -0.39 is 0 Å². The minimum atomic E-state index is 0.170. The van der Waals surface area contributed by atoms with E-state index in [1.807, 2.05) is 0 Å². The number of benzene rings is 2. The molecule has 0 saturated carbocycles. The van der Waals surface area contributed by atoms with E-state index in [2.05, 4.69) is 96.6 Å². The molecule has 0 heterocycles. The quantitative estimate of drug-likeness (QED) is 0.749. The summed E-state index contributed by atoms with van der Waals surface area (Å²) in [6, 6.07) is 19.5. The van der Waals surface area contributed by atoms with Gasteiger partial charge in [-0.25, -0.2) is 0 Å². The number of halogens is 1. The lowest BCUT2D eigenvalue weighted by Gasteiger charge is -2.29. The molecule has 0 aliphatic rings. The van der Waals surface area contributed by atoms with Gasteiger partial charge in [0.25, 0.3) is 0 Å². The molecule has 0 aromatic heterocycles. The van der Waals surface area contributed by atoms with Crippen LogP contribution in [0.5, 0.6) is 0 Å². The van der Waals surface area contributed by atoms with Gasteiger partial charge in [-0.05, 0) is 48.6 Å². The van der Waals surface area contributed by atoms with Gasteiger partial charge in [0.05, 0.1) is 0 Å². The van der Waals surface area contributed by atoms with Crippen molar-refractivity contribution < 1.29 is 0 Å². The zero-order chi connectivity index (χ0) is 14.6. The molecule has 2 heteroatoms. The fraction of sp³-hybridized carbons (Fsp3) is 0.333. The molecule has 0 radical (unpaired) electrons. The smallest absolute Gasteiger partial charge is 0.0342 e. The Morgan fingerprint density at radius 1 is 1.00 bits per heavy atom. The van der Waals surface area contributed by atoms with E-state index in [0.717, 1.165) is 10.9 Å². The molecule has 1 atom stereocenters. The Kier molecular flexibility index (Phi) is 4.87. The molecule has 0 amide bonds. The Labute approximate surface area is 130 Å². The topological polar surface area (TPSA) is 12.0 Å². The van der Waals surface area contributed by atoms with E-state index in [4.69, 9.17) is 0 Å². The fourth-order valence-electron chi connectivity index (χ4n) is 2.65. The highest BCUT2D eigenvalue weighted by Gasteiger charge is 2.23. The van der Waals surface area contributed by atoms with E-state index in [-0.39, 0.29) is 5.41 Å². The number of nitrogens with one attached hydrogen (secondary N) is 1. The molecule has 1 nitrogen and oxygen atoms in total. The third-order valence-electron chi connectivity index (χ3n) is 3.63. The third-order valence-corrected chi connectivity index (χ3v) is 4.16. The SMILES string of the molecule is CC(CC(C)(C)c1ccccc1)Nc1ccc(Br)cc1. The molecule has 20 heavy (non-hydrogen) atoms. The molecule has 0 fully saturated rings. The van der Waals surface area contributed by atoms with Gasteiger partial charge in [-0.2, -0.15) is 0 Å². The summed E-state index contributed by atoms with van der Waals surface area (Å²) in [6.07, 6.45) is 1.09. The van der Waals surface area contributed by atoms with Crippen LogP contribution in [-0.2, 0) is 5.41 Å². The first-order valence-corrected chi connectivity index (χ1v) is 7.84. The second-order valence-corrected chi connectivity index (χ2v) is 6.92. The maximum absolute atomic E-state index is 3.57. The van der Waals surface area contributed by atoms with Gasteiger partial charge in [-0.1, -0.05) is 60.1 Å². The molecule has 1 N–H and O–H groups in total. The first-order chi connectivity index (χ1) is 9.47. The van der Waals surface area contributed by atoms with Crippen LogP contribution in [0.4, 0.5) is 5.69 Å². The molecule has 0 saturated heterocycles. The van der Waals surface area contributed by atoms with Gasteiger partial charge in [-0.3, -0.25) is 0 Å². The van der Waals surface area contributed by atoms with Gasteiger partial charge < -0.3 is 5.32 Å². The van der Waals surface area contributed by atoms with Crippen LogP contribution in [0, 0.1) is 0 Å².